The van der Waals surface area contributed by atoms with E-state index in [1.807, 2.05) is 12.3 Å². The van der Waals surface area contributed by atoms with Crippen molar-refractivity contribution in [3.8, 4) is 22.4 Å². The van der Waals surface area contributed by atoms with E-state index in [0.717, 1.165) is 30.5 Å². The smallest absolute Gasteiger partial charge is 0.0783 e. The highest BCUT2D eigenvalue weighted by molar-refractivity contribution is 5.84. The van der Waals surface area contributed by atoms with Crippen LogP contribution in [-0.2, 0) is 12.8 Å². The van der Waals surface area contributed by atoms with Gasteiger partial charge in [0.05, 0.1) is 5.69 Å². The minimum absolute atomic E-state index is 1.05. The van der Waals surface area contributed by atoms with Gasteiger partial charge in [-0.3, -0.25) is 4.98 Å². The number of nitrogens with zero attached hydrogens (tertiary/aromatic N) is 1. The van der Waals surface area contributed by atoms with Gasteiger partial charge in [-0.1, -0.05) is 81.5 Å². The first-order valence-corrected chi connectivity index (χ1v) is 9.48. The highest BCUT2D eigenvalue weighted by atomic mass is 14.7. The molecule has 0 radical (unpaired) electrons. The van der Waals surface area contributed by atoms with Crippen LogP contribution < -0.4 is 0 Å². The molecule has 3 rings (SSSR count). The predicted molar refractivity (Wildman–Crippen MR) is 113 cm³/mol. The van der Waals surface area contributed by atoms with Crippen molar-refractivity contribution in [2.45, 2.75) is 40.0 Å². The van der Waals surface area contributed by atoms with Crippen molar-refractivity contribution in [1.29, 1.82) is 0 Å². The van der Waals surface area contributed by atoms with Crippen LogP contribution >= 0.6 is 0 Å². The van der Waals surface area contributed by atoms with Crippen molar-refractivity contribution in [2.24, 2.45) is 0 Å². The van der Waals surface area contributed by atoms with Gasteiger partial charge in [-0.25, -0.2) is 0 Å². The second kappa shape index (κ2) is 8.14. The Morgan fingerprint density at radius 2 is 1.58 bits per heavy atom. The van der Waals surface area contributed by atoms with E-state index in [1.54, 1.807) is 0 Å². The van der Waals surface area contributed by atoms with Gasteiger partial charge >= 0.3 is 0 Å². The molecule has 0 spiro atoms. The lowest BCUT2D eigenvalue weighted by Crippen LogP contribution is -2.00. The molecular weight excluding hydrogens is 314 g/mol. The molecule has 1 heteroatoms. The molecule has 1 nitrogen and oxygen atoms in total. The van der Waals surface area contributed by atoms with E-state index in [2.05, 4.69) is 75.9 Å². The molecule has 0 aliphatic heterocycles. The minimum Gasteiger partial charge on any atom is -0.255 e. The van der Waals surface area contributed by atoms with Gasteiger partial charge in [-0.2, -0.15) is 0 Å². The Balaban J connectivity index is 2.22. The van der Waals surface area contributed by atoms with Gasteiger partial charge in [0.1, 0.15) is 0 Å². The van der Waals surface area contributed by atoms with Crippen LogP contribution in [0.4, 0.5) is 0 Å². The molecule has 3 aromatic rings. The molecule has 0 fully saturated rings. The lowest BCUT2D eigenvalue weighted by molar-refractivity contribution is 0.910. The highest BCUT2D eigenvalue weighted by Crippen LogP contribution is 2.36. The molecule has 0 aliphatic rings. The standard InChI is InChI=1S/C25H27N/c1-5-8-23-18(4)17-26-25(22-15-11-20(7-3)12-16-22)24(23)21-13-9-19(6-2)10-14-21/h6,9-17H,2,5,7-8H2,1,3-4H3. The van der Waals surface area contributed by atoms with Crippen LogP contribution in [0.1, 0.15) is 42.5 Å². The summed E-state index contributed by atoms with van der Waals surface area (Å²) in [7, 11) is 0. The lowest BCUT2D eigenvalue weighted by atomic mass is 9.89. The van der Waals surface area contributed by atoms with E-state index >= 15 is 0 Å². The van der Waals surface area contributed by atoms with Crippen LogP contribution in [0.3, 0.4) is 0 Å². The van der Waals surface area contributed by atoms with E-state index in [9.17, 15) is 0 Å². The Labute approximate surface area is 157 Å². The van der Waals surface area contributed by atoms with E-state index in [-0.39, 0.29) is 0 Å². The average molecular weight is 341 g/mol. The normalized spacial score (nSPS) is 10.7. The Bertz CT molecular complexity index is 887. The maximum atomic E-state index is 4.85. The Hall–Kier alpha value is -2.67. The van der Waals surface area contributed by atoms with Crippen molar-refractivity contribution in [3.63, 3.8) is 0 Å². The summed E-state index contributed by atoms with van der Waals surface area (Å²) < 4.78 is 0. The molecule has 26 heavy (non-hydrogen) atoms. The zero-order valence-corrected chi connectivity index (χ0v) is 16.0. The van der Waals surface area contributed by atoms with Crippen LogP contribution in [-0.4, -0.2) is 4.98 Å². The minimum atomic E-state index is 1.05. The SMILES string of the molecule is C=Cc1ccc(-c2c(-c3ccc(CC)cc3)ncc(C)c2CCC)cc1. The summed E-state index contributed by atoms with van der Waals surface area (Å²) in [5.41, 5.74) is 9.92. The average Bonchev–Trinajstić information content (AvgIpc) is 2.70. The highest BCUT2D eigenvalue weighted by Gasteiger charge is 2.16. The van der Waals surface area contributed by atoms with Gasteiger partial charge in [0, 0.05) is 17.3 Å². The molecule has 0 aliphatic carbocycles. The number of benzene rings is 2. The fraction of sp³-hybridized carbons (Fsp3) is 0.240. The largest absolute Gasteiger partial charge is 0.255 e. The summed E-state index contributed by atoms with van der Waals surface area (Å²) in [5.74, 6) is 0. The quantitative estimate of drug-likeness (QED) is 0.476. The molecule has 0 saturated carbocycles. The second-order valence-corrected chi connectivity index (χ2v) is 6.77. The lowest BCUT2D eigenvalue weighted by Gasteiger charge is -2.17. The first-order valence-electron chi connectivity index (χ1n) is 9.48. The monoisotopic (exact) mass is 341 g/mol. The number of hydrogen-bond donors (Lipinski definition) is 0. The number of hydrogen-bond acceptors (Lipinski definition) is 1. The fourth-order valence-corrected chi connectivity index (χ4v) is 3.43. The van der Waals surface area contributed by atoms with Crippen LogP contribution in [0.25, 0.3) is 28.5 Å². The fourth-order valence-electron chi connectivity index (χ4n) is 3.43. The second-order valence-electron chi connectivity index (χ2n) is 6.77. The van der Waals surface area contributed by atoms with Crippen molar-refractivity contribution >= 4 is 6.08 Å². The molecule has 0 unspecified atom stereocenters. The van der Waals surface area contributed by atoms with Gasteiger partial charge < -0.3 is 0 Å². The van der Waals surface area contributed by atoms with E-state index in [4.69, 9.17) is 4.98 Å². The molecule has 2 aromatic carbocycles. The third kappa shape index (κ3) is 3.62. The van der Waals surface area contributed by atoms with Crippen LogP contribution in [0.15, 0.2) is 61.3 Å². The van der Waals surface area contributed by atoms with E-state index in [0.29, 0.717) is 0 Å². The van der Waals surface area contributed by atoms with Crippen molar-refractivity contribution in [1.82, 2.24) is 4.98 Å². The molecule has 0 saturated heterocycles. The van der Waals surface area contributed by atoms with Gasteiger partial charge in [0.15, 0.2) is 0 Å². The summed E-state index contributed by atoms with van der Waals surface area (Å²) in [5, 5.41) is 0. The molecule has 0 amide bonds. The van der Waals surface area contributed by atoms with Crippen molar-refractivity contribution in [3.05, 3.63) is 83.6 Å². The number of pyridine rings is 1. The molecule has 0 bridgehead atoms. The summed E-state index contributed by atoms with van der Waals surface area (Å²) in [4.78, 5) is 4.85. The van der Waals surface area contributed by atoms with E-state index in [1.165, 1.54) is 33.4 Å². The maximum absolute atomic E-state index is 4.85. The summed E-state index contributed by atoms with van der Waals surface area (Å²) in [6.07, 6.45) is 7.15. The number of rotatable bonds is 6. The Kier molecular flexibility index (Phi) is 5.68. The van der Waals surface area contributed by atoms with Crippen molar-refractivity contribution < 1.29 is 0 Å². The molecule has 1 heterocycles. The first-order chi connectivity index (χ1) is 12.7. The molecule has 132 valence electrons. The molecule has 0 atom stereocenters. The Morgan fingerprint density at radius 3 is 2.15 bits per heavy atom. The first kappa shape index (κ1) is 18.1. The topological polar surface area (TPSA) is 12.9 Å². The predicted octanol–water partition coefficient (Wildman–Crippen LogP) is 6.88. The summed E-state index contributed by atoms with van der Waals surface area (Å²) in [6, 6.07) is 17.5. The van der Waals surface area contributed by atoms with Gasteiger partial charge in [-0.05, 0) is 47.6 Å². The van der Waals surface area contributed by atoms with Crippen LogP contribution in [0, 0.1) is 6.92 Å². The van der Waals surface area contributed by atoms with Gasteiger partial charge in [-0.15, -0.1) is 0 Å². The number of aryl methyl sites for hydroxylation is 2. The maximum Gasteiger partial charge on any atom is 0.0783 e. The van der Waals surface area contributed by atoms with Crippen LogP contribution in [0.2, 0.25) is 0 Å². The third-order valence-corrected chi connectivity index (χ3v) is 4.97. The molecule has 0 N–H and O–H groups in total. The van der Waals surface area contributed by atoms with Gasteiger partial charge in [0.2, 0.25) is 0 Å². The Morgan fingerprint density at radius 1 is 0.923 bits per heavy atom. The van der Waals surface area contributed by atoms with Crippen LogP contribution in [0.5, 0.6) is 0 Å². The molecular formula is C25H27N. The zero-order valence-electron chi connectivity index (χ0n) is 16.0. The summed E-state index contributed by atoms with van der Waals surface area (Å²) in [6.45, 7) is 10.5. The van der Waals surface area contributed by atoms with Crippen molar-refractivity contribution in [2.75, 3.05) is 0 Å². The van der Waals surface area contributed by atoms with Gasteiger partial charge in [0.25, 0.3) is 0 Å². The van der Waals surface area contributed by atoms with E-state index < -0.39 is 0 Å². The number of aromatic nitrogens is 1. The third-order valence-electron chi connectivity index (χ3n) is 4.97. The molecule has 1 aromatic heterocycles. The summed E-state index contributed by atoms with van der Waals surface area (Å²) >= 11 is 0. The zero-order chi connectivity index (χ0) is 18.5.